The Morgan fingerprint density at radius 2 is 1.68 bits per heavy atom. The molecule has 1 aromatic carbocycles. The maximum atomic E-state index is 12.2. The molecule has 0 spiro atoms. The first kappa shape index (κ1) is 13.8. The van der Waals surface area contributed by atoms with Gasteiger partial charge in [0.15, 0.2) is 0 Å². The average Bonchev–Trinajstić information content (AvgIpc) is 2.31. The molecule has 102 valence electrons. The summed E-state index contributed by atoms with van der Waals surface area (Å²) in [5.74, 6) is 0.318. The zero-order valence-electron chi connectivity index (χ0n) is 12.4. The van der Waals surface area contributed by atoms with Gasteiger partial charge in [-0.25, -0.2) is 0 Å². The highest BCUT2D eigenvalue weighted by Gasteiger charge is 2.19. The minimum atomic E-state index is 0.0180. The number of aromatic nitrogens is 1. The van der Waals surface area contributed by atoms with Gasteiger partial charge in [-0.05, 0) is 17.4 Å². The van der Waals surface area contributed by atoms with Gasteiger partial charge in [0.1, 0.15) is 6.54 Å². The largest absolute Gasteiger partial charge is 0.327 e. The Morgan fingerprint density at radius 3 is 2.21 bits per heavy atom. The lowest BCUT2D eigenvalue weighted by Gasteiger charge is -2.26. The SMILES string of the molecule is CC(C)c1[nH]c(=O)c2ccccc2c1C[N+](C)(C)C. The van der Waals surface area contributed by atoms with Crippen LogP contribution in [0.2, 0.25) is 0 Å². The molecular formula is C16H23N2O+. The molecule has 0 aliphatic rings. The molecular weight excluding hydrogens is 236 g/mol. The smallest absolute Gasteiger partial charge is 0.256 e. The van der Waals surface area contributed by atoms with E-state index in [4.69, 9.17) is 0 Å². The Kier molecular flexibility index (Phi) is 3.50. The van der Waals surface area contributed by atoms with E-state index in [-0.39, 0.29) is 5.56 Å². The number of rotatable bonds is 3. The van der Waals surface area contributed by atoms with Crippen molar-refractivity contribution < 1.29 is 4.48 Å². The lowest BCUT2D eigenvalue weighted by atomic mass is 9.97. The monoisotopic (exact) mass is 259 g/mol. The van der Waals surface area contributed by atoms with Gasteiger partial charge in [-0.1, -0.05) is 32.0 Å². The van der Waals surface area contributed by atoms with E-state index in [1.165, 1.54) is 5.56 Å². The Hall–Kier alpha value is -1.61. The van der Waals surface area contributed by atoms with E-state index < -0.39 is 0 Å². The molecule has 0 saturated heterocycles. The molecule has 1 N–H and O–H groups in total. The Morgan fingerprint density at radius 1 is 1.11 bits per heavy atom. The fraction of sp³-hybridized carbons (Fsp3) is 0.438. The molecule has 0 amide bonds. The van der Waals surface area contributed by atoms with Crippen LogP contribution in [0.25, 0.3) is 10.8 Å². The maximum Gasteiger partial charge on any atom is 0.256 e. The van der Waals surface area contributed by atoms with Crippen molar-refractivity contribution in [1.82, 2.24) is 4.98 Å². The first-order valence-electron chi connectivity index (χ1n) is 6.74. The van der Waals surface area contributed by atoms with Crippen molar-refractivity contribution in [2.75, 3.05) is 21.1 Å². The minimum absolute atomic E-state index is 0.0180. The second kappa shape index (κ2) is 4.82. The highest BCUT2D eigenvalue weighted by Crippen LogP contribution is 2.25. The van der Waals surface area contributed by atoms with Crippen LogP contribution in [0.4, 0.5) is 0 Å². The molecule has 0 aliphatic heterocycles. The van der Waals surface area contributed by atoms with Crippen LogP contribution in [0.15, 0.2) is 29.1 Å². The van der Waals surface area contributed by atoms with E-state index in [2.05, 4.69) is 46.0 Å². The van der Waals surface area contributed by atoms with E-state index in [0.717, 1.165) is 27.5 Å². The van der Waals surface area contributed by atoms with Gasteiger partial charge in [-0.2, -0.15) is 0 Å². The van der Waals surface area contributed by atoms with Crippen LogP contribution >= 0.6 is 0 Å². The van der Waals surface area contributed by atoms with Crippen molar-refractivity contribution in [1.29, 1.82) is 0 Å². The quantitative estimate of drug-likeness (QED) is 0.845. The topological polar surface area (TPSA) is 32.9 Å². The summed E-state index contributed by atoms with van der Waals surface area (Å²) in [5, 5.41) is 1.87. The van der Waals surface area contributed by atoms with Crippen LogP contribution in [0.1, 0.15) is 31.0 Å². The molecule has 1 aromatic heterocycles. The van der Waals surface area contributed by atoms with Crippen LogP contribution in [0, 0.1) is 0 Å². The molecule has 3 nitrogen and oxygen atoms in total. The summed E-state index contributed by atoms with van der Waals surface area (Å²) in [7, 11) is 6.51. The van der Waals surface area contributed by atoms with Gasteiger partial charge in [0.25, 0.3) is 5.56 Å². The van der Waals surface area contributed by atoms with Gasteiger partial charge in [0.2, 0.25) is 0 Å². The molecule has 0 bridgehead atoms. The highest BCUT2D eigenvalue weighted by atomic mass is 16.1. The summed E-state index contributed by atoms with van der Waals surface area (Å²) in [4.78, 5) is 15.2. The Bertz CT molecular complexity index is 648. The molecule has 1 heterocycles. The van der Waals surface area contributed by atoms with Crippen molar-refractivity contribution in [3.8, 4) is 0 Å². The predicted molar refractivity (Wildman–Crippen MR) is 80.4 cm³/mol. The minimum Gasteiger partial charge on any atom is -0.327 e. The molecule has 0 fully saturated rings. The number of nitrogens with zero attached hydrogens (tertiary/aromatic N) is 1. The van der Waals surface area contributed by atoms with Crippen LogP contribution in [-0.2, 0) is 6.54 Å². The number of pyridine rings is 1. The third-order valence-electron chi connectivity index (χ3n) is 3.28. The van der Waals surface area contributed by atoms with Crippen molar-refractivity contribution >= 4 is 10.8 Å². The van der Waals surface area contributed by atoms with Crippen LogP contribution in [-0.4, -0.2) is 30.6 Å². The van der Waals surface area contributed by atoms with Gasteiger partial charge >= 0.3 is 0 Å². The van der Waals surface area contributed by atoms with E-state index in [9.17, 15) is 4.79 Å². The van der Waals surface area contributed by atoms with Gasteiger partial charge in [-0.3, -0.25) is 4.79 Å². The number of fused-ring (bicyclic) bond motifs is 1. The lowest BCUT2D eigenvalue weighted by Crippen LogP contribution is -2.34. The molecule has 0 aliphatic carbocycles. The van der Waals surface area contributed by atoms with E-state index in [1.807, 2.05) is 18.2 Å². The molecule has 19 heavy (non-hydrogen) atoms. The standard InChI is InChI=1S/C16H22N2O/c1-11(2)15-14(10-18(3,4)5)12-8-6-7-9-13(12)16(19)17-15/h6-9,11H,10H2,1-5H3/p+1. The molecule has 0 saturated carbocycles. The first-order valence-corrected chi connectivity index (χ1v) is 6.74. The summed E-state index contributed by atoms with van der Waals surface area (Å²) >= 11 is 0. The predicted octanol–water partition coefficient (Wildman–Crippen LogP) is 2.86. The van der Waals surface area contributed by atoms with Crippen LogP contribution < -0.4 is 5.56 Å². The molecule has 2 aromatic rings. The summed E-state index contributed by atoms with van der Waals surface area (Å²) in [6, 6.07) is 7.88. The molecule has 3 heteroatoms. The average molecular weight is 259 g/mol. The first-order chi connectivity index (χ1) is 8.79. The van der Waals surface area contributed by atoms with Crippen molar-refractivity contribution in [2.45, 2.75) is 26.3 Å². The van der Waals surface area contributed by atoms with Crippen LogP contribution in [0.3, 0.4) is 0 Å². The number of H-pyrrole nitrogens is 1. The number of aromatic amines is 1. The van der Waals surface area contributed by atoms with Crippen molar-refractivity contribution in [3.05, 3.63) is 45.9 Å². The second-order valence-electron chi connectivity index (χ2n) is 6.50. The maximum absolute atomic E-state index is 12.2. The fourth-order valence-electron chi connectivity index (χ4n) is 2.49. The molecule has 2 rings (SSSR count). The number of hydrogen-bond acceptors (Lipinski definition) is 1. The van der Waals surface area contributed by atoms with Crippen LogP contribution in [0.5, 0.6) is 0 Å². The highest BCUT2D eigenvalue weighted by molar-refractivity contribution is 5.85. The van der Waals surface area contributed by atoms with Gasteiger partial charge in [-0.15, -0.1) is 0 Å². The van der Waals surface area contributed by atoms with Crippen molar-refractivity contribution in [2.24, 2.45) is 0 Å². The number of quaternary nitrogens is 1. The third-order valence-corrected chi connectivity index (χ3v) is 3.28. The summed E-state index contributed by atoms with van der Waals surface area (Å²) < 4.78 is 0.843. The van der Waals surface area contributed by atoms with Crippen molar-refractivity contribution in [3.63, 3.8) is 0 Å². The van der Waals surface area contributed by atoms with Gasteiger partial charge < -0.3 is 9.47 Å². The Labute approximate surface area is 114 Å². The number of nitrogens with one attached hydrogen (secondary N) is 1. The number of benzene rings is 1. The molecule has 0 atom stereocenters. The van der Waals surface area contributed by atoms with Gasteiger partial charge in [0.05, 0.1) is 21.1 Å². The molecule has 0 radical (unpaired) electrons. The van der Waals surface area contributed by atoms with E-state index in [0.29, 0.717) is 5.92 Å². The summed E-state index contributed by atoms with van der Waals surface area (Å²) in [6.07, 6.45) is 0. The molecule has 0 unspecified atom stereocenters. The lowest BCUT2D eigenvalue weighted by molar-refractivity contribution is -0.883. The number of hydrogen-bond donors (Lipinski definition) is 1. The normalized spacial score (nSPS) is 12.3. The van der Waals surface area contributed by atoms with Gasteiger partial charge in [0, 0.05) is 16.6 Å². The second-order valence-corrected chi connectivity index (χ2v) is 6.50. The zero-order chi connectivity index (χ0) is 14.2. The Balaban J connectivity index is 2.79. The summed E-state index contributed by atoms with van der Waals surface area (Å²) in [5.41, 5.74) is 2.35. The van der Waals surface area contributed by atoms with E-state index in [1.54, 1.807) is 0 Å². The zero-order valence-corrected chi connectivity index (χ0v) is 12.4. The fourth-order valence-corrected chi connectivity index (χ4v) is 2.49. The van der Waals surface area contributed by atoms with E-state index >= 15 is 0 Å². The summed E-state index contributed by atoms with van der Waals surface area (Å²) in [6.45, 7) is 5.16. The third kappa shape index (κ3) is 2.87.